The number of aliphatic hydroxyl groups is 1. The van der Waals surface area contributed by atoms with Crippen molar-refractivity contribution in [3.63, 3.8) is 0 Å². The van der Waals surface area contributed by atoms with Crippen molar-refractivity contribution >= 4 is 22.6 Å². The highest BCUT2D eigenvalue weighted by molar-refractivity contribution is 6.84. The maximum Gasteiger partial charge on any atom is 0.308 e. The van der Waals surface area contributed by atoms with Crippen molar-refractivity contribution in [2.45, 2.75) is 77.5 Å². The number of carbonyl (C=O) groups is 1. The maximum absolute atomic E-state index is 11.3. The number of hydrogen-bond acceptors (Lipinski definition) is 6. The Labute approximate surface area is 212 Å². The third-order valence-corrected chi connectivity index (χ3v) is 13.6. The van der Waals surface area contributed by atoms with Crippen molar-refractivity contribution in [1.82, 2.24) is 0 Å². The van der Waals surface area contributed by atoms with Crippen LogP contribution in [0.1, 0.15) is 36.5 Å². The SMILES string of the molecule is COc1ccc(CCC[Si](C)(C)O[Si](C)(C)CCCc2ccc(OC(C)=O)c(OC)c2)cc1CO. The molecule has 0 aliphatic heterocycles. The summed E-state index contributed by atoms with van der Waals surface area (Å²) in [4.78, 5) is 11.3. The van der Waals surface area contributed by atoms with E-state index in [0.29, 0.717) is 11.5 Å². The van der Waals surface area contributed by atoms with Gasteiger partial charge in [0, 0.05) is 12.5 Å². The van der Waals surface area contributed by atoms with E-state index in [9.17, 15) is 9.90 Å². The average molecular weight is 519 g/mol. The molecular weight excluding hydrogens is 476 g/mol. The lowest BCUT2D eigenvalue weighted by molar-refractivity contribution is -0.132. The Morgan fingerprint density at radius 1 is 0.800 bits per heavy atom. The summed E-state index contributed by atoms with van der Waals surface area (Å²) in [6, 6.07) is 14.0. The number of ether oxygens (including phenoxy) is 3. The van der Waals surface area contributed by atoms with Crippen LogP contribution in [0.15, 0.2) is 36.4 Å². The molecule has 0 spiro atoms. The first-order valence-electron chi connectivity index (χ1n) is 12.3. The smallest absolute Gasteiger partial charge is 0.308 e. The lowest BCUT2D eigenvalue weighted by atomic mass is 10.1. The highest BCUT2D eigenvalue weighted by atomic mass is 28.4. The van der Waals surface area contributed by atoms with E-state index in [2.05, 4.69) is 32.3 Å². The van der Waals surface area contributed by atoms with E-state index in [1.807, 2.05) is 24.3 Å². The molecule has 0 atom stereocenters. The number of aryl methyl sites for hydroxylation is 2. The van der Waals surface area contributed by atoms with Crippen LogP contribution in [-0.4, -0.2) is 41.9 Å². The molecule has 0 aliphatic rings. The Balaban J connectivity index is 1.84. The predicted molar refractivity (Wildman–Crippen MR) is 146 cm³/mol. The number of methoxy groups -OCH3 is 2. The highest BCUT2D eigenvalue weighted by Gasteiger charge is 2.32. The van der Waals surface area contributed by atoms with Crippen molar-refractivity contribution in [3.05, 3.63) is 53.1 Å². The van der Waals surface area contributed by atoms with Gasteiger partial charge in [0.25, 0.3) is 0 Å². The summed E-state index contributed by atoms with van der Waals surface area (Å²) >= 11 is 0. The van der Waals surface area contributed by atoms with E-state index in [4.69, 9.17) is 18.3 Å². The number of aliphatic hydroxyl groups excluding tert-OH is 1. The monoisotopic (exact) mass is 518 g/mol. The Kier molecular flexibility index (Phi) is 11.0. The molecule has 0 amide bonds. The van der Waals surface area contributed by atoms with Gasteiger partial charge < -0.3 is 23.4 Å². The van der Waals surface area contributed by atoms with Crippen LogP contribution in [0.2, 0.25) is 38.3 Å². The van der Waals surface area contributed by atoms with Crippen molar-refractivity contribution in [3.8, 4) is 17.2 Å². The number of rotatable bonds is 14. The second-order valence-electron chi connectivity index (χ2n) is 10.2. The quantitative estimate of drug-likeness (QED) is 0.185. The summed E-state index contributed by atoms with van der Waals surface area (Å²) in [7, 11) is -0.358. The van der Waals surface area contributed by atoms with Crippen LogP contribution in [-0.2, 0) is 28.4 Å². The minimum Gasteiger partial charge on any atom is -0.496 e. The van der Waals surface area contributed by atoms with Gasteiger partial charge in [-0.15, -0.1) is 0 Å². The van der Waals surface area contributed by atoms with Crippen LogP contribution in [0.25, 0.3) is 0 Å². The lowest BCUT2D eigenvalue weighted by Crippen LogP contribution is -2.44. The predicted octanol–water partition coefficient (Wildman–Crippen LogP) is 6.11. The standard InChI is InChI=1S/C27H42O6Si2/c1-21(29)32-26-15-13-23(19-27(26)31-3)11-9-17-35(6,7)33-34(4,5)16-8-10-22-12-14-25(30-2)24(18-22)20-28/h12-15,18-19,28H,8-11,16-17,20H2,1-7H3. The summed E-state index contributed by atoms with van der Waals surface area (Å²) in [6.45, 7) is 10.7. The van der Waals surface area contributed by atoms with E-state index >= 15 is 0 Å². The van der Waals surface area contributed by atoms with Crippen LogP contribution in [0.3, 0.4) is 0 Å². The molecule has 6 nitrogen and oxygen atoms in total. The molecule has 0 saturated carbocycles. The van der Waals surface area contributed by atoms with Crippen molar-refractivity contribution in [1.29, 1.82) is 0 Å². The lowest BCUT2D eigenvalue weighted by Gasteiger charge is -2.34. The summed E-state index contributed by atoms with van der Waals surface area (Å²) in [5.41, 5.74) is 3.23. The topological polar surface area (TPSA) is 74.2 Å². The van der Waals surface area contributed by atoms with Gasteiger partial charge >= 0.3 is 5.97 Å². The first kappa shape index (κ1) is 29.1. The van der Waals surface area contributed by atoms with Gasteiger partial charge in [-0.3, -0.25) is 4.79 Å². The van der Waals surface area contributed by atoms with Gasteiger partial charge in [-0.1, -0.05) is 12.1 Å². The summed E-state index contributed by atoms with van der Waals surface area (Å²) in [5.74, 6) is 1.42. The number of benzene rings is 2. The third kappa shape index (κ3) is 9.79. The van der Waals surface area contributed by atoms with Gasteiger partial charge in [0.2, 0.25) is 0 Å². The fourth-order valence-electron chi connectivity index (χ4n) is 4.50. The summed E-state index contributed by atoms with van der Waals surface area (Å²) in [6.07, 6.45) is 4.04. The van der Waals surface area contributed by atoms with Gasteiger partial charge in [-0.05, 0) is 99.4 Å². The number of hydrogen-bond donors (Lipinski definition) is 1. The van der Waals surface area contributed by atoms with Crippen LogP contribution in [0.4, 0.5) is 0 Å². The normalized spacial score (nSPS) is 11.9. The molecule has 0 fully saturated rings. The van der Waals surface area contributed by atoms with Gasteiger partial charge in [0.1, 0.15) is 5.75 Å². The first-order valence-corrected chi connectivity index (χ1v) is 18.5. The third-order valence-electron chi connectivity index (χ3n) is 6.04. The molecule has 0 aromatic heterocycles. The molecular formula is C27H42O6Si2. The van der Waals surface area contributed by atoms with E-state index in [1.54, 1.807) is 20.3 Å². The minimum atomic E-state index is -1.79. The summed E-state index contributed by atoms with van der Waals surface area (Å²) < 4.78 is 22.7. The molecule has 35 heavy (non-hydrogen) atoms. The first-order chi connectivity index (χ1) is 16.5. The van der Waals surface area contributed by atoms with Gasteiger partial charge in [0.05, 0.1) is 20.8 Å². The molecule has 2 aromatic carbocycles. The molecule has 0 saturated heterocycles. The fraction of sp³-hybridized carbons (Fsp3) is 0.519. The molecule has 2 aromatic rings. The second-order valence-corrected chi connectivity index (χ2v) is 19.1. The van der Waals surface area contributed by atoms with E-state index in [-0.39, 0.29) is 12.6 Å². The summed E-state index contributed by atoms with van der Waals surface area (Å²) in [5, 5.41) is 9.56. The Hall–Kier alpha value is -2.14. The minimum absolute atomic E-state index is 0.0106. The molecule has 1 N–H and O–H groups in total. The molecule has 0 radical (unpaired) electrons. The van der Waals surface area contributed by atoms with Crippen molar-refractivity contribution in [2.75, 3.05) is 14.2 Å². The Bertz CT molecular complexity index is 974. The molecule has 0 heterocycles. The molecule has 194 valence electrons. The second kappa shape index (κ2) is 13.2. The van der Waals surface area contributed by atoms with Gasteiger partial charge in [-0.25, -0.2) is 0 Å². The fourth-order valence-corrected chi connectivity index (χ4v) is 13.4. The molecule has 0 bridgehead atoms. The molecule has 8 heteroatoms. The zero-order valence-electron chi connectivity index (χ0n) is 22.4. The molecule has 2 rings (SSSR count). The van der Waals surface area contributed by atoms with Crippen LogP contribution < -0.4 is 14.2 Å². The zero-order chi connectivity index (χ0) is 26.1. The maximum atomic E-state index is 11.3. The van der Waals surface area contributed by atoms with Crippen LogP contribution >= 0.6 is 0 Å². The van der Waals surface area contributed by atoms with E-state index in [1.165, 1.54) is 18.1 Å². The van der Waals surface area contributed by atoms with Gasteiger partial charge in [0.15, 0.2) is 28.1 Å². The van der Waals surface area contributed by atoms with Crippen molar-refractivity contribution in [2.24, 2.45) is 0 Å². The highest BCUT2D eigenvalue weighted by Crippen LogP contribution is 2.30. The van der Waals surface area contributed by atoms with Crippen molar-refractivity contribution < 1.29 is 28.2 Å². The Morgan fingerprint density at radius 2 is 1.31 bits per heavy atom. The van der Waals surface area contributed by atoms with E-state index in [0.717, 1.165) is 49.1 Å². The largest absolute Gasteiger partial charge is 0.496 e. The van der Waals surface area contributed by atoms with E-state index < -0.39 is 16.6 Å². The number of esters is 1. The number of carbonyl (C=O) groups excluding carboxylic acids is 1. The molecule has 0 unspecified atom stereocenters. The average Bonchev–Trinajstić information content (AvgIpc) is 2.78. The van der Waals surface area contributed by atoms with Crippen LogP contribution in [0.5, 0.6) is 17.2 Å². The zero-order valence-corrected chi connectivity index (χ0v) is 24.4. The van der Waals surface area contributed by atoms with Crippen LogP contribution in [0, 0.1) is 0 Å². The molecule has 0 aliphatic carbocycles. The van der Waals surface area contributed by atoms with Gasteiger partial charge in [-0.2, -0.15) is 0 Å². The Morgan fingerprint density at radius 3 is 1.80 bits per heavy atom.